The molecule has 1 fully saturated rings. The summed E-state index contributed by atoms with van der Waals surface area (Å²) in [6.07, 6.45) is -11.9. The van der Waals surface area contributed by atoms with Crippen LogP contribution >= 0.6 is 0 Å². The van der Waals surface area contributed by atoms with Gasteiger partial charge in [-0.2, -0.15) is 26.3 Å². The molecular formula is C13H11F6NO2. The lowest BCUT2D eigenvalue weighted by atomic mass is 9.97. The van der Waals surface area contributed by atoms with Gasteiger partial charge in [-0.15, -0.1) is 0 Å². The van der Waals surface area contributed by atoms with Gasteiger partial charge in [0.1, 0.15) is 6.10 Å². The minimum absolute atomic E-state index is 0.0364. The van der Waals surface area contributed by atoms with E-state index in [1.807, 2.05) is 0 Å². The molecule has 0 unspecified atom stereocenters. The zero-order chi connectivity index (χ0) is 16.9. The number of cyclic esters (lactones) is 1. The summed E-state index contributed by atoms with van der Waals surface area (Å²) >= 11 is 0. The van der Waals surface area contributed by atoms with Crippen LogP contribution < -0.4 is 0 Å². The number of likely N-dealkylation sites (N-methyl/N-ethyl adjacent to an activating group) is 1. The third kappa shape index (κ3) is 2.97. The average Bonchev–Trinajstić information content (AvgIpc) is 2.64. The molecule has 1 amide bonds. The van der Waals surface area contributed by atoms with Crippen LogP contribution in [-0.2, 0) is 17.1 Å². The highest BCUT2D eigenvalue weighted by Gasteiger charge is 2.41. The molecule has 1 aromatic carbocycles. The molecule has 1 aliphatic rings. The lowest BCUT2D eigenvalue weighted by molar-refractivity contribution is -0.143. The third-order valence-corrected chi connectivity index (χ3v) is 3.50. The molecule has 0 spiro atoms. The Morgan fingerprint density at radius 1 is 1.00 bits per heavy atom. The van der Waals surface area contributed by atoms with E-state index in [-0.39, 0.29) is 11.6 Å². The number of hydrogen-bond donors (Lipinski definition) is 0. The fourth-order valence-corrected chi connectivity index (χ4v) is 2.15. The molecule has 1 aromatic rings. The molecule has 0 saturated carbocycles. The Balaban J connectivity index is 2.54. The molecular weight excluding hydrogens is 316 g/mol. The van der Waals surface area contributed by atoms with Crippen molar-refractivity contribution in [3.63, 3.8) is 0 Å². The third-order valence-electron chi connectivity index (χ3n) is 3.50. The van der Waals surface area contributed by atoms with Gasteiger partial charge in [0.15, 0.2) is 0 Å². The summed E-state index contributed by atoms with van der Waals surface area (Å²) in [6.45, 7) is 1.48. The van der Waals surface area contributed by atoms with E-state index in [1.54, 1.807) is 0 Å². The monoisotopic (exact) mass is 327 g/mol. The van der Waals surface area contributed by atoms with Gasteiger partial charge in [-0.1, -0.05) is 0 Å². The average molecular weight is 327 g/mol. The Bertz CT molecular complexity index is 563. The number of halogens is 6. The van der Waals surface area contributed by atoms with Crippen LogP contribution in [0.1, 0.15) is 29.7 Å². The number of carbonyl (C=O) groups is 1. The molecule has 2 rings (SSSR count). The summed E-state index contributed by atoms with van der Waals surface area (Å²) in [4.78, 5) is 12.5. The molecule has 0 aromatic heterocycles. The van der Waals surface area contributed by atoms with Crippen molar-refractivity contribution in [1.82, 2.24) is 4.90 Å². The van der Waals surface area contributed by atoms with E-state index in [1.165, 1.54) is 14.0 Å². The van der Waals surface area contributed by atoms with E-state index in [2.05, 4.69) is 0 Å². The fourth-order valence-electron chi connectivity index (χ4n) is 2.15. The highest BCUT2D eigenvalue weighted by atomic mass is 19.4. The lowest BCUT2D eigenvalue weighted by Gasteiger charge is -2.20. The maximum Gasteiger partial charge on any atom is 0.416 e. The van der Waals surface area contributed by atoms with Gasteiger partial charge < -0.3 is 9.64 Å². The molecule has 3 nitrogen and oxygen atoms in total. The second-order valence-electron chi connectivity index (χ2n) is 5.00. The molecule has 1 aliphatic heterocycles. The van der Waals surface area contributed by atoms with Gasteiger partial charge in [0.05, 0.1) is 17.2 Å². The van der Waals surface area contributed by atoms with Crippen molar-refractivity contribution in [3.8, 4) is 0 Å². The first-order chi connectivity index (χ1) is 9.91. The first kappa shape index (κ1) is 16.4. The summed E-state index contributed by atoms with van der Waals surface area (Å²) in [7, 11) is 1.35. The smallest absolute Gasteiger partial charge is 0.416 e. The fraction of sp³-hybridized carbons (Fsp3) is 0.462. The van der Waals surface area contributed by atoms with Crippen LogP contribution in [0.25, 0.3) is 0 Å². The van der Waals surface area contributed by atoms with E-state index in [4.69, 9.17) is 4.74 Å². The van der Waals surface area contributed by atoms with Gasteiger partial charge in [-0.3, -0.25) is 0 Å². The number of ether oxygens (including phenoxy) is 1. The van der Waals surface area contributed by atoms with Crippen LogP contribution in [0.4, 0.5) is 31.1 Å². The van der Waals surface area contributed by atoms with Crippen molar-refractivity contribution in [2.24, 2.45) is 0 Å². The van der Waals surface area contributed by atoms with E-state index < -0.39 is 41.7 Å². The topological polar surface area (TPSA) is 29.5 Å². The maximum absolute atomic E-state index is 12.8. The summed E-state index contributed by atoms with van der Waals surface area (Å²) in [5.74, 6) is 0. The maximum atomic E-state index is 12.8. The summed E-state index contributed by atoms with van der Waals surface area (Å²) < 4.78 is 81.6. The van der Waals surface area contributed by atoms with Gasteiger partial charge in [0, 0.05) is 7.05 Å². The molecule has 0 aliphatic carbocycles. The molecule has 1 saturated heterocycles. The molecule has 1 heterocycles. The van der Waals surface area contributed by atoms with Gasteiger partial charge in [0.25, 0.3) is 0 Å². The number of nitrogens with zero attached hydrogens (tertiary/aromatic N) is 1. The minimum atomic E-state index is -4.94. The Kier molecular flexibility index (Phi) is 3.78. The second kappa shape index (κ2) is 5.06. The molecule has 0 bridgehead atoms. The normalized spacial score (nSPS) is 22.9. The van der Waals surface area contributed by atoms with E-state index in [0.29, 0.717) is 12.1 Å². The van der Waals surface area contributed by atoms with Crippen LogP contribution in [0.5, 0.6) is 0 Å². The van der Waals surface area contributed by atoms with Crippen molar-refractivity contribution >= 4 is 6.09 Å². The molecule has 0 N–H and O–H groups in total. The number of rotatable bonds is 1. The SMILES string of the molecule is C[C@H]1[C@@H](c2cc(C(F)(F)F)cc(C(F)(F)F)c2)OC(=O)N1C. The van der Waals surface area contributed by atoms with Crippen molar-refractivity contribution in [2.45, 2.75) is 31.4 Å². The Morgan fingerprint density at radius 2 is 1.45 bits per heavy atom. The molecule has 22 heavy (non-hydrogen) atoms. The molecule has 2 atom stereocenters. The van der Waals surface area contributed by atoms with Crippen LogP contribution in [-0.4, -0.2) is 24.1 Å². The highest BCUT2D eigenvalue weighted by molar-refractivity contribution is 5.70. The first-order valence-corrected chi connectivity index (χ1v) is 6.14. The zero-order valence-corrected chi connectivity index (χ0v) is 11.4. The largest absolute Gasteiger partial charge is 0.439 e. The second-order valence-corrected chi connectivity index (χ2v) is 5.00. The predicted molar refractivity (Wildman–Crippen MR) is 62.9 cm³/mol. The van der Waals surface area contributed by atoms with Crippen molar-refractivity contribution in [3.05, 3.63) is 34.9 Å². The lowest BCUT2D eigenvalue weighted by Crippen LogP contribution is -2.27. The minimum Gasteiger partial charge on any atom is -0.439 e. The number of carbonyl (C=O) groups excluding carboxylic acids is 1. The van der Waals surface area contributed by atoms with Gasteiger partial charge >= 0.3 is 18.4 Å². The molecule has 122 valence electrons. The van der Waals surface area contributed by atoms with Crippen LogP contribution in [0.2, 0.25) is 0 Å². The van der Waals surface area contributed by atoms with Crippen LogP contribution in [0, 0.1) is 0 Å². The number of benzene rings is 1. The van der Waals surface area contributed by atoms with Crippen molar-refractivity contribution in [2.75, 3.05) is 7.05 Å². The summed E-state index contributed by atoms with van der Waals surface area (Å²) in [5.41, 5.74) is -3.21. The molecule has 0 radical (unpaired) electrons. The van der Waals surface area contributed by atoms with Crippen LogP contribution in [0.3, 0.4) is 0 Å². The summed E-state index contributed by atoms with van der Waals surface area (Å²) in [6, 6.07) is 0.498. The van der Waals surface area contributed by atoms with E-state index in [9.17, 15) is 31.1 Å². The van der Waals surface area contributed by atoms with Gasteiger partial charge in [-0.25, -0.2) is 4.79 Å². The number of alkyl halides is 6. The Morgan fingerprint density at radius 3 is 1.77 bits per heavy atom. The number of hydrogen-bond acceptors (Lipinski definition) is 2. The van der Waals surface area contributed by atoms with Gasteiger partial charge in [-0.05, 0) is 30.7 Å². The van der Waals surface area contributed by atoms with Crippen molar-refractivity contribution < 1.29 is 35.9 Å². The standard InChI is InChI=1S/C13H11F6NO2/c1-6-10(22-11(21)20(6)2)7-3-8(12(14,15)16)5-9(4-7)13(17,18)19/h3-6,10H,1-2H3/t6-,10-/m0/s1. The molecule has 9 heteroatoms. The Labute approximate surface area is 121 Å². The highest BCUT2D eigenvalue weighted by Crippen LogP contribution is 2.40. The quantitative estimate of drug-likeness (QED) is 0.722. The van der Waals surface area contributed by atoms with E-state index in [0.717, 1.165) is 4.90 Å². The predicted octanol–water partition coefficient (Wildman–Crippen LogP) is 4.24. The Hall–Kier alpha value is -1.93. The van der Waals surface area contributed by atoms with Crippen LogP contribution in [0.15, 0.2) is 18.2 Å². The van der Waals surface area contributed by atoms with Crippen molar-refractivity contribution in [1.29, 1.82) is 0 Å². The van der Waals surface area contributed by atoms with Gasteiger partial charge in [0.2, 0.25) is 0 Å². The van der Waals surface area contributed by atoms with E-state index >= 15 is 0 Å². The summed E-state index contributed by atoms with van der Waals surface area (Å²) in [5, 5.41) is 0. The first-order valence-electron chi connectivity index (χ1n) is 6.14. The zero-order valence-electron chi connectivity index (χ0n) is 11.4. The number of amides is 1.